The van der Waals surface area contributed by atoms with Crippen molar-refractivity contribution in [3.63, 3.8) is 0 Å². The van der Waals surface area contributed by atoms with Gasteiger partial charge in [-0.25, -0.2) is 22.7 Å². The summed E-state index contributed by atoms with van der Waals surface area (Å²) in [6, 6.07) is 7.72. The summed E-state index contributed by atoms with van der Waals surface area (Å²) in [5, 5.41) is 11.5. The summed E-state index contributed by atoms with van der Waals surface area (Å²) >= 11 is 1.40. The molecule has 1 fully saturated rings. The van der Waals surface area contributed by atoms with Crippen LogP contribution in [0.25, 0.3) is 21.9 Å². The van der Waals surface area contributed by atoms with E-state index in [0.29, 0.717) is 10.9 Å². The van der Waals surface area contributed by atoms with E-state index in [1.54, 1.807) is 19.3 Å². The van der Waals surface area contributed by atoms with E-state index in [0.717, 1.165) is 20.3 Å². The quantitative estimate of drug-likeness (QED) is 0.695. The number of hydrogen-bond acceptors (Lipinski definition) is 7. The Balaban J connectivity index is 1.68. The smallest absolute Gasteiger partial charge is 0.239 e. The Bertz CT molecular complexity index is 1110. The molecule has 2 N–H and O–H groups in total. The van der Waals surface area contributed by atoms with Gasteiger partial charge in [-0.2, -0.15) is 0 Å². The Hall–Kier alpha value is -2.72. The van der Waals surface area contributed by atoms with E-state index in [1.807, 2.05) is 24.3 Å². The number of hydrogen-bond donors (Lipinski definition) is 2. The van der Waals surface area contributed by atoms with Gasteiger partial charge in [-0.05, 0) is 24.6 Å². The normalized spacial score (nSPS) is 21.9. The molecule has 4 rings (SSSR count). The highest BCUT2D eigenvalue weighted by Gasteiger charge is 2.43. The van der Waals surface area contributed by atoms with Gasteiger partial charge >= 0.3 is 0 Å². The Morgan fingerprint density at radius 1 is 1.33 bits per heavy atom. The molecule has 10 heteroatoms. The summed E-state index contributed by atoms with van der Waals surface area (Å²) in [7, 11) is -2.20. The number of sulfonamides is 1. The lowest BCUT2D eigenvalue weighted by Gasteiger charge is -2.38. The lowest BCUT2D eigenvalue weighted by atomic mass is 10.1. The monoisotopic (exact) mass is 403 g/mol. The zero-order chi connectivity index (χ0) is 19.2. The van der Waals surface area contributed by atoms with Crippen LogP contribution in [0.5, 0.6) is 0 Å². The SMILES string of the molecule is CN1C(=N)N[C@](C)(c2ncc(-c3cccc(-c4ncco4)c3)s2)CS1(=O)=O. The van der Waals surface area contributed by atoms with Crippen LogP contribution in [-0.2, 0) is 15.6 Å². The third-order valence-electron chi connectivity index (χ3n) is 4.40. The van der Waals surface area contributed by atoms with Gasteiger partial charge in [0.05, 0.1) is 16.8 Å². The van der Waals surface area contributed by atoms with Gasteiger partial charge in [0.2, 0.25) is 21.9 Å². The lowest BCUT2D eigenvalue weighted by molar-refractivity contribution is 0.417. The van der Waals surface area contributed by atoms with Gasteiger partial charge in [-0.3, -0.25) is 5.41 Å². The van der Waals surface area contributed by atoms with E-state index in [2.05, 4.69) is 15.3 Å². The molecular formula is C17H17N5O3S2. The summed E-state index contributed by atoms with van der Waals surface area (Å²) in [5.41, 5.74) is 0.829. The number of benzene rings is 1. The van der Waals surface area contributed by atoms with Crippen LogP contribution in [0.3, 0.4) is 0 Å². The molecule has 3 heterocycles. The number of thiazole rings is 1. The third-order valence-corrected chi connectivity index (χ3v) is 7.67. The zero-order valence-corrected chi connectivity index (χ0v) is 16.3. The van der Waals surface area contributed by atoms with Gasteiger partial charge in [0.1, 0.15) is 16.8 Å². The van der Waals surface area contributed by atoms with Crippen molar-refractivity contribution < 1.29 is 12.8 Å². The maximum atomic E-state index is 12.3. The summed E-state index contributed by atoms with van der Waals surface area (Å²) in [6.45, 7) is 1.75. The molecule has 140 valence electrons. The Morgan fingerprint density at radius 3 is 2.81 bits per heavy atom. The van der Waals surface area contributed by atoms with Crippen molar-refractivity contribution in [1.29, 1.82) is 5.41 Å². The fourth-order valence-electron chi connectivity index (χ4n) is 2.93. The molecule has 0 saturated carbocycles. The molecule has 0 amide bonds. The molecule has 1 aromatic carbocycles. The largest absolute Gasteiger partial charge is 0.445 e. The van der Waals surface area contributed by atoms with Gasteiger partial charge < -0.3 is 9.73 Å². The van der Waals surface area contributed by atoms with Crippen molar-refractivity contribution in [1.82, 2.24) is 19.6 Å². The van der Waals surface area contributed by atoms with Gasteiger partial charge in [-0.1, -0.05) is 12.1 Å². The molecule has 2 aromatic heterocycles. The fourth-order valence-corrected chi connectivity index (χ4v) is 5.49. The first-order valence-corrected chi connectivity index (χ1v) is 10.5. The van der Waals surface area contributed by atoms with Crippen molar-refractivity contribution >= 4 is 27.3 Å². The standard InChI is InChI=1S/C17H17N5O3S2/c1-17(10-27(23,24)22(2)16(18)21-17)15-20-9-13(26-15)11-4-3-5-12(8-11)14-19-6-7-25-14/h3-9H,10H2,1-2H3,(H2,18,21)/t17-/m0/s1. The van der Waals surface area contributed by atoms with E-state index in [4.69, 9.17) is 9.83 Å². The molecule has 27 heavy (non-hydrogen) atoms. The first-order valence-electron chi connectivity index (χ1n) is 8.08. The highest BCUT2D eigenvalue weighted by molar-refractivity contribution is 7.89. The number of guanidine groups is 1. The molecule has 1 aliphatic rings. The maximum absolute atomic E-state index is 12.3. The number of aromatic nitrogens is 2. The zero-order valence-electron chi connectivity index (χ0n) is 14.6. The molecule has 1 atom stereocenters. The van der Waals surface area contributed by atoms with E-state index in [9.17, 15) is 8.42 Å². The van der Waals surface area contributed by atoms with Crippen LogP contribution < -0.4 is 5.32 Å². The topological polar surface area (TPSA) is 112 Å². The van der Waals surface area contributed by atoms with Crippen molar-refractivity contribution in [3.8, 4) is 21.9 Å². The summed E-state index contributed by atoms with van der Waals surface area (Å²) in [4.78, 5) is 9.49. The molecule has 0 aliphatic carbocycles. The van der Waals surface area contributed by atoms with Crippen LogP contribution in [0.4, 0.5) is 0 Å². The molecule has 0 bridgehead atoms. The Labute approximate surface area is 160 Å². The number of nitrogens with one attached hydrogen (secondary N) is 2. The second-order valence-electron chi connectivity index (χ2n) is 6.48. The summed E-state index contributed by atoms with van der Waals surface area (Å²) in [6.07, 6.45) is 4.83. The van der Waals surface area contributed by atoms with Gasteiger partial charge in [0.25, 0.3) is 0 Å². The highest BCUT2D eigenvalue weighted by Crippen LogP contribution is 2.35. The molecule has 1 aliphatic heterocycles. The number of oxazole rings is 1. The van der Waals surface area contributed by atoms with Crippen molar-refractivity contribution in [3.05, 3.63) is 47.9 Å². The van der Waals surface area contributed by atoms with Crippen LogP contribution in [-0.4, -0.2) is 41.5 Å². The highest BCUT2D eigenvalue weighted by atomic mass is 32.2. The molecule has 3 aromatic rings. The van der Waals surface area contributed by atoms with Crippen LogP contribution in [0.1, 0.15) is 11.9 Å². The summed E-state index contributed by atoms with van der Waals surface area (Å²) < 4.78 is 31.0. The minimum atomic E-state index is -3.57. The van der Waals surface area contributed by atoms with Crippen molar-refractivity contribution in [2.24, 2.45) is 0 Å². The second-order valence-corrected chi connectivity index (χ2v) is 9.51. The number of rotatable bonds is 3. The van der Waals surface area contributed by atoms with Crippen LogP contribution in [0.15, 0.2) is 47.3 Å². The first kappa shape index (κ1) is 17.7. The third kappa shape index (κ3) is 3.10. The minimum Gasteiger partial charge on any atom is -0.445 e. The molecule has 0 spiro atoms. The van der Waals surface area contributed by atoms with Crippen LogP contribution in [0.2, 0.25) is 0 Å². The first-order chi connectivity index (χ1) is 12.8. The maximum Gasteiger partial charge on any atom is 0.239 e. The van der Waals surface area contributed by atoms with Gasteiger partial charge in [0, 0.05) is 18.8 Å². The van der Waals surface area contributed by atoms with Crippen LogP contribution in [0, 0.1) is 5.41 Å². The van der Waals surface area contributed by atoms with E-state index in [-0.39, 0.29) is 11.7 Å². The van der Waals surface area contributed by atoms with Gasteiger partial charge in [0.15, 0.2) is 0 Å². The molecule has 8 nitrogen and oxygen atoms in total. The molecule has 0 unspecified atom stereocenters. The average molecular weight is 403 g/mol. The molecular weight excluding hydrogens is 386 g/mol. The minimum absolute atomic E-state index is 0.161. The predicted octanol–water partition coefficient (Wildman–Crippen LogP) is 2.48. The van der Waals surface area contributed by atoms with Crippen molar-refractivity contribution in [2.75, 3.05) is 12.8 Å². The van der Waals surface area contributed by atoms with E-state index < -0.39 is 15.6 Å². The number of nitrogens with zero attached hydrogens (tertiary/aromatic N) is 3. The lowest BCUT2D eigenvalue weighted by Crippen LogP contribution is -2.60. The Kier molecular flexibility index (Phi) is 4.04. The molecule has 0 radical (unpaired) electrons. The molecule has 1 saturated heterocycles. The predicted molar refractivity (Wildman–Crippen MR) is 103 cm³/mol. The van der Waals surface area contributed by atoms with Crippen molar-refractivity contribution in [2.45, 2.75) is 12.5 Å². The van der Waals surface area contributed by atoms with Gasteiger partial charge in [-0.15, -0.1) is 11.3 Å². The van der Waals surface area contributed by atoms with E-state index >= 15 is 0 Å². The fraction of sp³-hybridized carbons (Fsp3) is 0.235. The summed E-state index contributed by atoms with van der Waals surface area (Å²) in [5.74, 6) is 0.207. The second kappa shape index (κ2) is 6.17. The average Bonchev–Trinajstić information content (AvgIpc) is 3.31. The Morgan fingerprint density at radius 2 is 2.11 bits per heavy atom. The van der Waals surface area contributed by atoms with E-state index in [1.165, 1.54) is 24.6 Å². The van der Waals surface area contributed by atoms with Crippen LogP contribution >= 0.6 is 11.3 Å².